The number of carbonyl (C=O) groups is 3. The lowest BCUT2D eigenvalue weighted by Crippen LogP contribution is -2.54. The van der Waals surface area contributed by atoms with Crippen LogP contribution in [0.4, 0.5) is 10.5 Å². The molecule has 0 spiro atoms. The van der Waals surface area contributed by atoms with Gasteiger partial charge in [-0.1, -0.05) is 66.2 Å². The van der Waals surface area contributed by atoms with E-state index in [1.165, 1.54) is 6.08 Å². The number of amides is 4. The van der Waals surface area contributed by atoms with Gasteiger partial charge in [0.15, 0.2) is 0 Å². The molecule has 1 aliphatic rings. The number of urea groups is 1. The van der Waals surface area contributed by atoms with Crippen molar-refractivity contribution in [2.75, 3.05) is 4.90 Å². The van der Waals surface area contributed by atoms with Crippen LogP contribution < -0.4 is 10.2 Å². The van der Waals surface area contributed by atoms with Crippen LogP contribution in [-0.2, 0) is 16.1 Å². The lowest BCUT2D eigenvalue weighted by molar-refractivity contribution is -0.122. The quantitative estimate of drug-likeness (QED) is 0.347. The molecule has 0 radical (unpaired) electrons. The lowest BCUT2D eigenvalue weighted by atomic mass is 10.1. The summed E-state index contributed by atoms with van der Waals surface area (Å²) in [6.07, 6.45) is 3.41. The van der Waals surface area contributed by atoms with E-state index in [0.717, 1.165) is 21.4 Å². The second kappa shape index (κ2) is 8.41. The molecule has 4 amide bonds. The summed E-state index contributed by atoms with van der Waals surface area (Å²) in [5.74, 6) is -1.39. The smallest absolute Gasteiger partial charge is 0.335 e. The van der Waals surface area contributed by atoms with Crippen LogP contribution in [-0.4, -0.2) is 22.4 Å². The Labute approximate surface area is 194 Å². The van der Waals surface area contributed by atoms with Crippen molar-refractivity contribution in [2.45, 2.75) is 6.54 Å². The van der Waals surface area contributed by atoms with Gasteiger partial charge in [-0.3, -0.25) is 14.9 Å². The molecule has 0 saturated carbocycles. The maximum atomic E-state index is 13.2. The van der Waals surface area contributed by atoms with Gasteiger partial charge in [-0.2, -0.15) is 0 Å². The van der Waals surface area contributed by atoms with Crippen molar-refractivity contribution >= 4 is 52.1 Å². The summed E-state index contributed by atoms with van der Waals surface area (Å²) < 4.78 is 2.02. The molecular weight excluding hydrogens is 438 g/mol. The topological polar surface area (TPSA) is 71.4 Å². The number of carbonyl (C=O) groups excluding carboxylic acids is 3. The van der Waals surface area contributed by atoms with E-state index in [-0.39, 0.29) is 5.57 Å². The van der Waals surface area contributed by atoms with Crippen molar-refractivity contribution < 1.29 is 14.4 Å². The van der Waals surface area contributed by atoms with E-state index in [4.69, 9.17) is 11.6 Å². The van der Waals surface area contributed by atoms with Crippen LogP contribution in [0.15, 0.2) is 90.6 Å². The van der Waals surface area contributed by atoms with Crippen molar-refractivity contribution in [2.24, 2.45) is 0 Å². The number of nitrogens with one attached hydrogen (secondary N) is 1. The molecule has 2 heterocycles. The first-order valence-corrected chi connectivity index (χ1v) is 10.7. The summed E-state index contributed by atoms with van der Waals surface area (Å²) in [5.41, 5.74) is 2.85. The van der Waals surface area contributed by atoms with Crippen LogP contribution in [0.3, 0.4) is 0 Å². The van der Waals surface area contributed by atoms with Gasteiger partial charge in [0.2, 0.25) is 0 Å². The van der Waals surface area contributed by atoms with Gasteiger partial charge in [0, 0.05) is 34.2 Å². The van der Waals surface area contributed by atoms with Gasteiger partial charge < -0.3 is 4.57 Å². The summed E-state index contributed by atoms with van der Waals surface area (Å²) in [7, 11) is 0. The van der Waals surface area contributed by atoms with E-state index >= 15 is 0 Å². The number of rotatable bonds is 4. The Balaban J connectivity index is 1.58. The van der Waals surface area contributed by atoms with Crippen LogP contribution in [0.5, 0.6) is 0 Å². The number of hydrogen-bond acceptors (Lipinski definition) is 3. The third kappa shape index (κ3) is 3.81. The Kier molecular flexibility index (Phi) is 5.28. The zero-order valence-electron chi connectivity index (χ0n) is 17.4. The van der Waals surface area contributed by atoms with Gasteiger partial charge in [0.05, 0.1) is 5.69 Å². The van der Waals surface area contributed by atoms with Crippen molar-refractivity contribution in [1.82, 2.24) is 9.88 Å². The monoisotopic (exact) mass is 455 g/mol. The summed E-state index contributed by atoms with van der Waals surface area (Å²) >= 11 is 6.35. The number of aromatic nitrogens is 1. The maximum absolute atomic E-state index is 13.2. The number of para-hydroxylation sites is 2. The minimum absolute atomic E-state index is 0.112. The van der Waals surface area contributed by atoms with Gasteiger partial charge in [-0.25, -0.2) is 9.69 Å². The van der Waals surface area contributed by atoms with E-state index in [1.54, 1.807) is 30.3 Å². The first kappa shape index (κ1) is 20.7. The average molecular weight is 456 g/mol. The Morgan fingerprint density at radius 2 is 1.55 bits per heavy atom. The van der Waals surface area contributed by atoms with E-state index in [9.17, 15) is 14.4 Å². The number of barbiturate groups is 1. The normalized spacial score (nSPS) is 15.4. The number of benzene rings is 3. The number of nitrogens with zero attached hydrogens (tertiary/aromatic N) is 2. The molecule has 1 fully saturated rings. The van der Waals surface area contributed by atoms with Crippen LogP contribution in [0.1, 0.15) is 11.1 Å². The van der Waals surface area contributed by atoms with Crippen LogP contribution >= 0.6 is 11.6 Å². The van der Waals surface area contributed by atoms with Crippen molar-refractivity contribution in [3.63, 3.8) is 0 Å². The Hall–Kier alpha value is -4.16. The second-order valence-electron chi connectivity index (χ2n) is 7.61. The number of hydrogen-bond donors (Lipinski definition) is 1. The highest BCUT2D eigenvalue weighted by atomic mass is 35.5. The zero-order chi connectivity index (χ0) is 22.9. The first-order valence-electron chi connectivity index (χ1n) is 10.3. The zero-order valence-corrected chi connectivity index (χ0v) is 18.1. The third-order valence-corrected chi connectivity index (χ3v) is 5.90. The first-order chi connectivity index (χ1) is 16.0. The van der Waals surface area contributed by atoms with Crippen molar-refractivity contribution in [1.29, 1.82) is 0 Å². The fraction of sp³-hybridized carbons (Fsp3) is 0.0385. The molecule has 1 N–H and O–H groups in total. The molecular formula is C26H18ClN3O3. The SMILES string of the molecule is O=C1NC(=O)N(c2ccccc2)C(=O)/C1=C/c1cn(Cc2ccccc2Cl)c2ccccc12. The second-order valence-corrected chi connectivity index (χ2v) is 8.02. The molecule has 0 aliphatic carbocycles. The highest BCUT2D eigenvalue weighted by molar-refractivity contribution is 6.39. The van der Waals surface area contributed by atoms with E-state index < -0.39 is 17.8 Å². The number of anilines is 1. The molecule has 0 unspecified atom stereocenters. The Morgan fingerprint density at radius 1 is 0.848 bits per heavy atom. The standard InChI is InChI=1S/C26H18ClN3O3/c27-22-12-6-4-8-17(22)15-29-16-18(20-11-5-7-13-23(20)29)14-21-24(31)28-26(33)30(25(21)32)19-9-2-1-3-10-19/h1-14,16H,15H2,(H,28,31,33)/b21-14+. The van der Waals surface area contributed by atoms with Crippen LogP contribution in [0.2, 0.25) is 5.02 Å². The van der Waals surface area contributed by atoms with Gasteiger partial charge in [0.1, 0.15) is 5.57 Å². The number of halogens is 1. The molecule has 5 rings (SSSR count). The predicted octanol–water partition coefficient (Wildman–Crippen LogP) is 5.01. The molecule has 1 saturated heterocycles. The molecule has 33 heavy (non-hydrogen) atoms. The fourth-order valence-corrected chi connectivity index (χ4v) is 4.15. The van der Waals surface area contributed by atoms with Gasteiger partial charge in [0.25, 0.3) is 11.8 Å². The average Bonchev–Trinajstić information content (AvgIpc) is 3.16. The minimum Gasteiger partial charge on any atom is -0.342 e. The highest BCUT2D eigenvalue weighted by Gasteiger charge is 2.36. The summed E-state index contributed by atoms with van der Waals surface area (Å²) in [6.45, 7) is 0.526. The van der Waals surface area contributed by atoms with Crippen molar-refractivity contribution in [3.8, 4) is 0 Å². The van der Waals surface area contributed by atoms with E-state index in [2.05, 4.69) is 5.32 Å². The predicted molar refractivity (Wildman–Crippen MR) is 128 cm³/mol. The molecule has 162 valence electrons. The van der Waals surface area contributed by atoms with Gasteiger partial charge in [-0.05, 0) is 35.9 Å². The van der Waals surface area contributed by atoms with Crippen LogP contribution in [0, 0.1) is 0 Å². The summed E-state index contributed by atoms with van der Waals surface area (Å²) in [5, 5.41) is 3.80. The Bertz CT molecular complexity index is 1440. The fourth-order valence-electron chi connectivity index (χ4n) is 3.96. The molecule has 1 aromatic heterocycles. The molecule has 6 nitrogen and oxygen atoms in total. The van der Waals surface area contributed by atoms with Crippen molar-refractivity contribution in [3.05, 3.63) is 107 Å². The van der Waals surface area contributed by atoms with E-state index in [0.29, 0.717) is 22.8 Å². The molecule has 0 atom stereocenters. The molecule has 4 aromatic rings. The summed E-state index contributed by atoms with van der Waals surface area (Å²) in [6, 6.07) is 23.1. The lowest BCUT2D eigenvalue weighted by Gasteiger charge is -2.26. The molecule has 0 bridgehead atoms. The number of imide groups is 2. The van der Waals surface area contributed by atoms with E-state index in [1.807, 2.05) is 59.3 Å². The van der Waals surface area contributed by atoms with Gasteiger partial charge in [-0.15, -0.1) is 0 Å². The summed E-state index contributed by atoms with van der Waals surface area (Å²) in [4.78, 5) is 39.1. The number of fused-ring (bicyclic) bond motifs is 1. The highest BCUT2D eigenvalue weighted by Crippen LogP contribution is 2.28. The van der Waals surface area contributed by atoms with Gasteiger partial charge >= 0.3 is 6.03 Å². The maximum Gasteiger partial charge on any atom is 0.335 e. The molecule has 7 heteroatoms. The molecule has 3 aromatic carbocycles. The third-order valence-electron chi connectivity index (χ3n) is 5.53. The minimum atomic E-state index is -0.769. The molecule has 1 aliphatic heterocycles. The largest absolute Gasteiger partial charge is 0.342 e. The van der Waals surface area contributed by atoms with Crippen LogP contribution in [0.25, 0.3) is 17.0 Å². The Morgan fingerprint density at radius 3 is 2.33 bits per heavy atom.